The zero-order valence-electron chi connectivity index (χ0n) is 10.8. The van der Waals surface area contributed by atoms with Crippen molar-refractivity contribution in [1.29, 1.82) is 0 Å². The molecule has 1 saturated carbocycles. The van der Waals surface area contributed by atoms with Crippen LogP contribution in [-0.2, 0) is 4.74 Å². The Morgan fingerprint density at radius 3 is 2.69 bits per heavy atom. The maximum atomic E-state index is 5.92. The van der Waals surface area contributed by atoms with Crippen LogP contribution in [0.3, 0.4) is 0 Å². The van der Waals surface area contributed by atoms with Gasteiger partial charge in [-0.3, -0.25) is 4.90 Å². The highest BCUT2D eigenvalue weighted by Gasteiger charge is 2.29. The van der Waals surface area contributed by atoms with Crippen molar-refractivity contribution in [2.24, 2.45) is 0 Å². The summed E-state index contributed by atoms with van der Waals surface area (Å²) in [7, 11) is 0. The van der Waals surface area contributed by atoms with Gasteiger partial charge in [0.1, 0.15) is 0 Å². The molecule has 1 aliphatic carbocycles. The van der Waals surface area contributed by atoms with Gasteiger partial charge in [-0.15, -0.1) is 0 Å². The molecule has 1 atom stereocenters. The first-order chi connectivity index (χ1) is 7.90. The van der Waals surface area contributed by atoms with Crippen LogP contribution in [0.25, 0.3) is 0 Å². The topological polar surface area (TPSA) is 12.5 Å². The molecule has 2 heteroatoms. The summed E-state index contributed by atoms with van der Waals surface area (Å²) in [5.74, 6) is 0. The molecule has 2 aliphatic rings. The van der Waals surface area contributed by atoms with E-state index in [2.05, 4.69) is 11.8 Å². The zero-order chi connectivity index (χ0) is 11.2. The number of unbranched alkanes of at least 4 members (excludes halogenated alkanes) is 1. The van der Waals surface area contributed by atoms with Crippen molar-refractivity contribution >= 4 is 0 Å². The van der Waals surface area contributed by atoms with Crippen LogP contribution in [0.5, 0.6) is 0 Å². The van der Waals surface area contributed by atoms with Crippen molar-refractivity contribution < 1.29 is 4.74 Å². The predicted molar refractivity (Wildman–Crippen MR) is 67.7 cm³/mol. The Hall–Kier alpha value is -0.0800. The van der Waals surface area contributed by atoms with Gasteiger partial charge in [0.05, 0.1) is 6.10 Å². The number of rotatable bonds is 5. The fourth-order valence-electron chi connectivity index (χ4n) is 3.06. The first kappa shape index (κ1) is 12.4. The molecule has 1 heterocycles. The molecule has 2 nitrogen and oxygen atoms in total. The average molecular weight is 225 g/mol. The second kappa shape index (κ2) is 6.61. The molecule has 0 bridgehead atoms. The highest BCUT2D eigenvalue weighted by atomic mass is 16.5. The standard InChI is InChI=1S/C14H27NO/c1-2-3-11-16-14-9-10-15(12-14)13-7-5-4-6-8-13/h13-14H,2-12H2,1H3/t14-/m0/s1. The number of likely N-dealkylation sites (tertiary alicyclic amines) is 1. The highest BCUT2D eigenvalue weighted by Crippen LogP contribution is 2.26. The van der Waals surface area contributed by atoms with Gasteiger partial charge in [0.25, 0.3) is 0 Å². The van der Waals surface area contributed by atoms with E-state index in [0.29, 0.717) is 6.10 Å². The van der Waals surface area contributed by atoms with Gasteiger partial charge >= 0.3 is 0 Å². The van der Waals surface area contributed by atoms with Gasteiger partial charge < -0.3 is 4.74 Å². The van der Waals surface area contributed by atoms with E-state index < -0.39 is 0 Å². The molecule has 0 aromatic rings. The van der Waals surface area contributed by atoms with Crippen molar-refractivity contribution in [2.75, 3.05) is 19.7 Å². The smallest absolute Gasteiger partial charge is 0.0714 e. The fourth-order valence-corrected chi connectivity index (χ4v) is 3.06. The van der Waals surface area contributed by atoms with Gasteiger partial charge in [0.2, 0.25) is 0 Å². The summed E-state index contributed by atoms with van der Waals surface area (Å²) in [6.07, 6.45) is 11.5. The van der Waals surface area contributed by atoms with Gasteiger partial charge in [-0.1, -0.05) is 32.6 Å². The molecule has 0 aromatic carbocycles. The second-order valence-electron chi connectivity index (χ2n) is 5.42. The lowest BCUT2D eigenvalue weighted by Crippen LogP contribution is -2.35. The molecule has 0 N–H and O–H groups in total. The van der Waals surface area contributed by atoms with E-state index in [-0.39, 0.29) is 0 Å². The Kier molecular flexibility index (Phi) is 5.11. The van der Waals surface area contributed by atoms with E-state index in [1.54, 1.807) is 0 Å². The molecule has 2 rings (SSSR count). The monoisotopic (exact) mass is 225 g/mol. The SMILES string of the molecule is CCCCO[C@H]1CCN(C2CCCCC2)C1. The number of nitrogens with zero attached hydrogens (tertiary/aromatic N) is 1. The molecule has 0 unspecified atom stereocenters. The van der Waals surface area contributed by atoms with Gasteiger partial charge in [-0.05, 0) is 25.7 Å². The van der Waals surface area contributed by atoms with E-state index in [4.69, 9.17) is 4.74 Å². The van der Waals surface area contributed by atoms with Crippen LogP contribution in [0.15, 0.2) is 0 Å². The first-order valence-corrected chi connectivity index (χ1v) is 7.26. The number of hydrogen-bond acceptors (Lipinski definition) is 2. The lowest BCUT2D eigenvalue weighted by molar-refractivity contribution is 0.0510. The summed E-state index contributed by atoms with van der Waals surface area (Å²) < 4.78 is 5.92. The summed E-state index contributed by atoms with van der Waals surface area (Å²) in [5.41, 5.74) is 0. The third kappa shape index (κ3) is 3.46. The van der Waals surface area contributed by atoms with Crippen LogP contribution in [0, 0.1) is 0 Å². The molecule has 1 aliphatic heterocycles. The van der Waals surface area contributed by atoms with Crippen LogP contribution >= 0.6 is 0 Å². The quantitative estimate of drug-likeness (QED) is 0.666. The van der Waals surface area contributed by atoms with Crippen LogP contribution in [0.1, 0.15) is 58.3 Å². The van der Waals surface area contributed by atoms with Crippen molar-refractivity contribution in [3.05, 3.63) is 0 Å². The summed E-state index contributed by atoms with van der Waals surface area (Å²) in [4.78, 5) is 2.69. The summed E-state index contributed by atoms with van der Waals surface area (Å²) in [5, 5.41) is 0. The van der Waals surface area contributed by atoms with Crippen molar-refractivity contribution in [3.63, 3.8) is 0 Å². The average Bonchev–Trinajstić information content (AvgIpc) is 2.79. The maximum absolute atomic E-state index is 5.92. The Balaban J connectivity index is 1.66. The Morgan fingerprint density at radius 1 is 1.12 bits per heavy atom. The first-order valence-electron chi connectivity index (χ1n) is 7.26. The number of hydrogen-bond donors (Lipinski definition) is 0. The minimum Gasteiger partial charge on any atom is -0.377 e. The van der Waals surface area contributed by atoms with E-state index in [1.165, 1.54) is 64.5 Å². The van der Waals surface area contributed by atoms with E-state index in [9.17, 15) is 0 Å². The van der Waals surface area contributed by atoms with E-state index >= 15 is 0 Å². The Morgan fingerprint density at radius 2 is 1.94 bits per heavy atom. The molecule has 0 radical (unpaired) electrons. The van der Waals surface area contributed by atoms with Crippen LogP contribution in [-0.4, -0.2) is 36.7 Å². The molecular weight excluding hydrogens is 198 g/mol. The molecule has 0 aromatic heterocycles. The Bertz CT molecular complexity index is 189. The van der Waals surface area contributed by atoms with Crippen molar-refractivity contribution in [1.82, 2.24) is 4.90 Å². The van der Waals surface area contributed by atoms with Crippen molar-refractivity contribution in [2.45, 2.75) is 70.4 Å². The number of ether oxygens (including phenoxy) is 1. The third-order valence-electron chi connectivity index (χ3n) is 4.12. The molecular formula is C14H27NO. The largest absolute Gasteiger partial charge is 0.377 e. The molecule has 94 valence electrons. The summed E-state index contributed by atoms with van der Waals surface area (Å²) >= 11 is 0. The van der Waals surface area contributed by atoms with Crippen LogP contribution in [0.4, 0.5) is 0 Å². The minimum atomic E-state index is 0.536. The normalized spacial score (nSPS) is 28.7. The summed E-state index contributed by atoms with van der Waals surface area (Å²) in [6, 6.07) is 0.883. The fraction of sp³-hybridized carbons (Fsp3) is 1.00. The van der Waals surface area contributed by atoms with Crippen LogP contribution < -0.4 is 0 Å². The lowest BCUT2D eigenvalue weighted by atomic mass is 9.94. The van der Waals surface area contributed by atoms with Gasteiger partial charge in [-0.2, -0.15) is 0 Å². The van der Waals surface area contributed by atoms with Crippen LogP contribution in [0.2, 0.25) is 0 Å². The van der Waals surface area contributed by atoms with Gasteiger partial charge in [-0.25, -0.2) is 0 Å². The Labute approximate surface area is 100 Å². The summed E-state index contributed by atoms with van der Waals surface area (Å²) in [6.45, 7) is 5.68. The minimum absolute atomic E-state index is 0.536. The van der Waals surface area contributed by atoms with Gasteiger partial charge in [0, 0.05) is 25.7 Å². The lowest BCUT2D eigenvalue weighted by Gasteiger charge is -2.30. The predicted octanol–water partition coefficient (Wildman–Crippen LogP) is 3.21. The molecule has 2 fully saturated rings. The zero-order valence-corrected chi connectivity index (χ0v) is 10.8. The maximum Gasteiger partial charge on any atom is 0.0714 e. The third-order valence-corrected chi connectivity index (χ3v) is 4.12. The molecule has 1 saturated heterocycles. The van der Waals surface area contributed by atoms with Crippen molar-refractivity contribution in [3.8, 4) is 0 Å². The second-order valence-corrected chi connectivity index (χ2v) is 5.42. The van der Waals surface area contributed by atoms with E-state index in [1.807, 2.05) is 0 Å². The van der Waals surface area contributed by atoms with Gasteiger partial charge in [0.15, 0.2) is 0 Å². The molecule has 16 heavy (non-hydrogen) atoms. The molecule has 0 spiro atoms. The van der Waals surface area contributed by atoms with E-state index in [0.717, 1.165) is 12.6 Å². The highest BCUT2D eigenvalue weighted by molar-refractivity contribution is 4.83. The molecule has 0 amide bonds.